The number of nitrogens with two attached hydrogens (primary N) is 1. The van der Waals surface area contributed by atoms with Crippen LogP contribution >= 0.6 is 0 Å². The fraction of sp³-hybridized carbons (Fsp3) is 0.143. The molecule has 0 aliphatic carbocycles. The lowest BCUT2D eigenvalue weighted by molar-refractivity contribution is -0.114. The molecule has 3 rings (SSSR count). The number of fused-ring (bicyclic) bond motifs is 1. The van der Waals surface area contributed by atoms with Crippen molar-refractivity contribution in [2.24, 2.45) is 5.73 Å². The summed E-state index contributed by atoms with van der Waals surface area (Å²) in [7, 11) is 4.02. The van der Waals surface area contributed by atoms with Crippen molar-refractivity contribution >= 4 is 27.9 Å². The van der Waals surface area contributed by atoms with Crippen LogP contribution in [-0.2, 0) is 4.79 Å². The van der Waals surface area contributed by atoms with Gasteiger partial charge in [0.15, 0.2) is 0 Å². The quantitative estimate of drug-likeness (QED) is 0.573. The minimum Gasteiger partial charge on any atom is -0.456 e. The number of benzene rings is 2. The zero-order chi connectivity index (χ0) is 18.8. The molecular weight excluding hydrogens is 326 g/mol. The number of anilines is 1. The van der Waals surface area contributed by atoms with Gasteiger partial charge in [-0.05, 0) is 48.0 Å². The predicted octanol–water partition coefficient (Wildman–Crippen LogP) is 3.95. The molecule has 2 aromatic carbocycles. The molecule has 3 aromatic rings. The SMILES string of the molecule is C/C(=C(/C#N)C(N)=O)c1ccc(-c2ccc3cc(N(C)C)ccc3c2)o1. The van der Waals surface area contributed by atoms with Gasteiger partial charge in [-0.25, -0.2) is 0 Å². The van der Waals surface area contributed by atoms with Gasteiger partial charge < -0.3 is 15.1 Å². The topological polar surface area (TPSA) is 83.3 Å². The molecule has 130 valence electrons. The first kappa shape index (κ1) is 17.3. The first-order chi connectivity index (χ1) is 12.4. The van der Waals surface area contributed by atoms with Crippen LogP contribution < -0.4 is 10.6 Å². The minimum atomic E-state index is -0.759. The summed E-state index contributed by atoms with van der Waals surface area (Å²) < 4.78 is 5.85. The maximum atomic E-state index is 11.3. The number of primary amides is 1. The van der Waals surface area contributed by atoms with Gasteiger partial charge in [-0.1, -0.05) is 18.2 Å². The average molecular weight is 345 g/mol. The fourth-order valence-corrected chi connectivity index (χ4v) is 2.81. The summed E-state index contributed by atoms with van der Waals surface area (Å²) in [5.41, 5.74) is 7.63. The molecule has 1 amide bonds. The number of allylic oxidation sites excluding steroid dienone is 1. The van der Waals surface area contributed by atoms with Crippen LogP contribution in [0, 0.1) is 11.3 Å². The number of nitriles is 1. The summed E-state index contributed by atoms with van der Waals surface area (Å²) in [5.74, 6) is 0.364. The third-order valence-corrected chi connectivity index (χ3v) is 4.33. The molecule has 0 radical (unpaired) electrons. The molecule has 0 fully saturated rings. The normalized spacial score (nSPS) is 11.8. The van der Waals surface area contributed by atoms with Gasteiger partial charge in [-0.2, -0.15) is 5.26 Å². The van der Waals surface area contributed by atoms with Crippen molar-refractivity contribution in [3.63, 3.8) is 0 Å². The van der Waals surface area contributed by atoms with E-state index in [9.17, 15) is 4.79 Å². The number of hydrogen-bond acceptors (Lipinski definition) is 4. The maximum absolute atomic E-state index is 11.3. The van der Waals surface area contributed by atoms with Crippen LogP contribution in [0.25, 0.3) is 27.7 Å². The van der Waals surface area contributed by atoms with Crippen LogP contribution in [0.2, 0.25) is 0 Å². The molecular formula is C21H19N3O2. The smallest absolute Gasteiger partial charge is 0.259 e. The number of rotatable bonds is 4. The maximum Gasteiger partial charge on any atom is 0.259 e. The molecule has 0 spiro atoms. The number of carbonyl (C=O) groups is 1. The number of hydrogen-bond donors (Lipinski definition) is 1. The second-order valence-corrected chi connectivity index (χ2v) is 6.28. The lowest BCUT2D eigenvalue weighted by atomic mass is 10.0. The molecule has 26 heavy (non-hydrogen) atoms. The largest absolute Gasteiger partial charge is 0.456 e. The van der Waals surface area contributed by atoms with E-state index in [4.69, 9.17) is 15.4 Å². The van der Waals surface area contributed by atoms with Crippen LogP contribution in [-0.4, -0.2) is 20.0 Å². The first-order valence-electron chi connectivity index (χ1n) is 8.13. The van der Waals surface area contributed by atoms with E-state index in [0.29, 0.717) is 17.1 Å². The zero-order valence-electron chi connectivity index (χ0n) is 14.9. The highest BCUT2D eigenvalue weighted by Gasteiger charge is 2.14. The van der Waals surface area contributed by atoms with Crippen molar-refractivity contribution in [3.05, 3.63) is 59.9 Å². The molecule has 0 aliphatic heterocycles. The van der Waals surface area contributed by atoms with Crippen LogP contribution in [0.3, 0.4) is 0 Å². The number of furan rings is 1. The van der Waals surface area contributed by atoms with Crippen LogP contribution in [0.5, 0.6) is 0 Å². The van der Waals surface area contributed by atoms with Gasteiger partial charge >= 0.3 is 0 Å². The molecule has 5 nitrogen and oxygen atoms in total. The Morgan fingerprint density at radius 1 is 1.08 bits per heavy atom. The molecule has 0 aliphatic rings. The molecule has 2 N–H and O–H groups in total. The van der Waals surface area contributed by atoms with Crippen molar-refractivity contribution < 1.29 is 9.21 Å². The van der Waals surface area contributed by atoms with E-state index in [1.54, 1.807) is 13.0 Å². The van der Waals surface area contributed by atoms with Crippen molar-refractivity contribution in [2.75, 3.05) is 19.0 Å². The van der Waals surface area contributed by atoms with Crippen molar-refractivity contribution in [2.45, 2.75) is 6.92 Å². The van der Waals surface area contributed by atoms with Gasteiger partial charge in [0.2, 0.25) is 0 Å². The highest BCUT2D eigenvalue weighted by molar-refractivity contribution is 6.03. The predicted molar refractivity (Wildman–Crippen MR) is 103 cm³/mol. The third-order valence-electron chi connectivity index (χ3n) is 4.33. The summed E-state index contributed by atoms with van der Waals surface area (Å²) in [6, 6.07) is 17.8. The number of carbonyl (C=O) groups excluding carboxylic acids is 1. The fourth-order valence-electron chi connectivity index (χ4n) is 2.81. The van der Waals surface area contributed by atoms with Gasteiger partial charge in [-0.15, -0.1) is 0 Å². The Morgan fingerprint density at radius 3 is 2.42 bits per heavy atom. The lowest BCUT2D eigenvalue weighted by Gasteiger charge is -2.13. The Balaban J connectivity index is 2.01. The van der Waals surface area contributed by atoms with E-state index < -0.39 is 5.91 Å². The highest BCUT2D eigenvalue weighted by atomic mass is 16.3. The van der Waals surface area contributed by atoms with Gasteiger partial charge in [0.1, 0.15) is 23.2 Å². The molecule has 1 heterocycles. The van der Waals surface area contributed by atoms with Crippen molar-refractivity contribution in [1.82, 2.24) is 0 Å². The zero-order valence-corrected chi connectivity index (χ0v) is 14.9. The molecule has 5 heteroatoms. The Hall–Kier alpha value is -3.52. The molecule has 0 saturated heterocycles. The monoisotopic (exact) mass is 345 g/mol. The minimum absolute atomic E-state index is 0.0966. The van der Waals surface area contributed by atoms with Crippen LogP contribution in [0.1, 0.15) is 12.7 Å². The molecule has 0 atom stereocenters. The first-order valence-corrected chi connectivity index (χ1v) is 8.13. The summed E-state index contributed by atoms with van der Waals surface area (Å²) in [6.45, 7) is 1.65. The van der Waals surface area contributed by atoms with E-state index in [0.717, 1.165) is 22.0 Å². The van der Waals surface area contributed by atoms with E-state index in [1.807, 2.05) is 38.4 Å². The van der Waals surface area contributed by atoms with Gasteiger partial charge in [0.05, 0.1) is 0 Å². The standard InChI is InChI=1S/C21H19N3O2/c1-13(18(12-22)21(23)25)19-8-9-20(26-19)16-5-4-15-11-17(24(2)3)7-6-14(15)10-16/h4-11H,1-3H3,(H2,23,25)/b18-13+. The lowest BCUT2D eigenvalue weighted by Crippen LogP contribution is -2.13. The highest BCUT2D eigenvalue weighted by Crippen LogP contribution is 2.30. The summed E-state index contributed by atoms with van der Waals surface area (Å²) in [5, 5.41) is 11.3. The average Bonchev–Trinajstić information content (AvgIpc) is 3.11. The third kappa shape index (κ3) is 3.17. The van der Waals surface area contributed by atoms with Crippen molar-refractivity contribution in [1.29, 1.82) is 5.26 Å². The summed E-state index contributed by atoms with van der Waals surface area (Å²) >= 11 is 0. The van der Waals surface area contributed by atoms with Gasteiger partial charge in [-0.3, -0.25) is 4.79 Å². The number of nitrogens with zero attached hydrogens (tertiary/aromatic N) is 2. The second-order valence-electron chi connectivity index (χ2n) is 6.28. The number of amides is 1. The second kappa shape index (κ2) is 6.77. The van der Waals surface area contributed by atoms with Crippen LogP contribution in [0.15, 0.2) is 58.5 Å². The van der Waals surface area contributed by atoms with E-state index in [1.165, 1.54) is 0 Å². The Labute approximate surface area is 151 Å². The summed E-state index contributed by atoms with van der Waals surface area (Å²) in [6.07, 6.45) is 0. The van der Waals surface area contributed by atoms with E-state index in [-0.39, 0.29) is 5.57 Å². The van der Waals surface area contributed by atoms with Crippen molar-refractivity contribution in [3.8, 4) is 17.4 Å². The van der Waals surface area contributed by atoms with E-state index in [2.05, 4.69) is 29.2 Å². The molecule has 0 bridgehead atoms. The van der Waals surface area contributed by atoms with Gasteiger partial charge in [0, 0.05) is 30.9 Å². The van der Waals surface area contributed by atoms with Gasteiger partial charge in [0.25, 0.3) is 5.91 Å². The molecule has 0 saturated carbocycles. The molecule has 1 aromatic heterocycles. The Morgan fingerprint density at radius 2 is 1.77 bits per heavy atom. The summed E-state index contributed by atoms with van der Waals surface area (Å²) in [4.78, 5) is 13.4. The molecule has 0 unspecified atom stereocenters. The van der Waals surface area contributed by atoms with E-state index >= 15 is 0 Å². The van der Waals surface area contributed by atoms with Crippen LogP contribution in [0.4, 0.5) is 5.69 Å². The Bertz CT molecular complexity index is 1070. The Kier molecular flexibility index (Phi) is 4.51.